The predicted octanol–water partition coefficient (Wildman–Crippen LogP) is 7.40. The molecule has 1 aliphatic rings. The number of halogens is 7. The van der Waals surface area contributed by atoms with Crippen LogP contribution in [0.3, 0.4) is 0 Å². The summed E-state index contributed by atoms with van der Waals surface area (Å²) in [6, 6.07) is 0.600. The fourth-order valence-electron chi connectivity index (χ4n) is 4.11. The van der Waals surface area contributed by atoms with Crippen molar-refractivity contribution in [2.75, 3.05) is 0 Å². The van der Waals surface area contributed by atoms with Crippen LogP contribution in [0.2, 0.25) is 0 Å². The highest BCUT2D eigenvalue weighted by molar-refractivity contribution is 5.66. The van der Waals surface area contributed by atoms with Crippen LogP contribution in [-0.4, -0.2) is 0 Å². The van der Waals surface area contributed by atoms with Gasteiger partial charge in [-0.25, -0.2) is 30.7 Å². The van der Waals surface area contributed by atoms with E-state index < -0.39 is 63.3 Å². The zero-order chi connectivity index (χ0) is 20.6. The van der Waals surface area contributed by atoms with E-state index >= 15 is 0 Å². The Bertz CT molecular complexity index is 831. The second kappa shape index (κ2) is 8.13. The monoisotopic (exact) mass is 404 g/mol. The summed E-state index contributed by atoms with van der Waals surface area (Å²) in [5, 5.41) is 0. The number of benzene rings is 2. The molecule has 0 aromatic heterocycles. The summed E-state index contributed by atoms with van der Waals surface area (Å²) in [5.74, 6) is -12.1. The molecule has 0 spiro atoms. The standard InChI is InChI=1S/C21H19F7/c1-2-3-10-4-6-11(7-5-10)15-18(25)20(27)16(21(28)19(15)26)12-8-13(22)17(24)14(23)9-12/h8-11H,2-7H2,1H3. The van der Waals surface area contributed by atoms with Crippen molar-refractivity contribution in [1.29, 1.82) is 0 Å². The van der Waals surface area contributed by atoms with Crippen molar-refractivity contribution in [2.24, 2.45) is 5.92 Å². The maximum absolute atomic E-state index is 14.7. The van der Waals surface area contributed by atoms with Crippen LogP contribution in [-0.2, 0) is 0 Å². The average Bonchev–Trinajstić information content (AvgIpc) is 2.66. The van der Waals surface area contributed by atoms with Gasteiger partial charge in [0.25, 0.3) is 0 Å². The third-order valence-electron chi connectivity index (χ3n) is 5.52. The van der Waals surface area contributed by atoms with Crippen LogP contribution in [0.25, 0.3) is 11.1 Å². The van der Waals surface area contributed by atoms with Gasteiger partial charge in [-0.1, -0.05) is 19.8 Å². The zero-order valence-electron chi connectivity index (χ0n) is 15.2. The molecule has 0 aliphatic heterocycles. The Balaban J connectivity index is 2.04. The minimum Gasteiger partial charge on any atom is -0.204 e. The molecular weight excluding hydrogens is 385 g/mol. The Labute approximate surface area is 158 Å². The molecule has 0 amide bonds. The molecule has 7 heteroatoms. The SMILES string of the molecule is CCCC1CCC(c2c(F)c(F)c(-c3cc(F)c(F)c(F)c3)c(F)c2F)CC1. The van der Waals surface area contributed by atoms with E-state index in [1.165, 1.54) is 0 Å². The highest BCUT2D eigenvalue weighted by Crippen LogP contribution is 2.42. The normalized spacial score (nSPS) is 19.9. The van der Waals surface area contributed by atoms with Gasteiger partial charge in [-0.2, -0.15) is 0 Å². The topological polar surface area (TPSA) is 0 Å². The highest BCUT2D eigenvalue weighted by atomic mass is 19.2. The van der Waals surface area contributed by atoms with Crippen LogP contribution in [0.1, 0.15) is 56.9 Å². The first kappa shape index (κ1) is 20.7. The van der Waals surface area contributed by atoms with Gasteiger partial charge in [0.1, 0.15) is 0 Å². The molecule has 3 rings (SSSR count). The first-order valence-electron chi connectivity index (χ1n) is 9.26. The molecule has 152 valence electrons. The molecule has 2 aromatic carbocycles. The second-order valence-corrected chi connectivity index (χ2v) is 7.30. The van der Waals surface area contributed by atoms with E-state index in [1.807, 2.05) is 6.92 Å². The van der Waals surface area contributed by atoms with Gasteiger partial charge in [-0.3, -0.25) is 0 Å². The van der Waals surface area contributed by atoms with Gasteiger partial charge in [0.05, 0.1) is 5.56 Å². The molecule has 1 saturated carbocycles. The molecule has 0 saturated heterocycles. The van der Waals surface area contributed by atoms with E-state index in [2.05, 4.69) is 0 Å². The summed E-state index contributed by atoms with van der Waals surface area (Å²) < 4.78 is 98.4. The molecule has 0 unspecified atom stereocenters. The molecule has 0 bridgehead atoms. The lowest BCUT2D eigenvalue weighted by Crippen LogP contribution is -2.17. The lowest BCUT2D eigenvalue weighted by Gasteiger charge is -2.29. The third-order valence-corrected chi connectivity index (χ3v) is 5.52. The summed E-state index contributed by atoms with van der Waals surface area (Å²) in [5.41, 5.74) is -2.74. The Morgan fingerprint density at radius 3 is 1.68 bits per heavy atom. The van der Waals surface area contributed by atoms with Gasteiger partial charge in [-0.15, -0.1) is 0 Å². The van der Waals surface area contributed by atoms with Crippen molar-refractivity contribution < 1.29 is 30.7 Å². The van der Waals surface area contributed by atoms with Gasteiger partial charge < -0.3 is 0 Å². The Morgan fingerprint density at radius 2 is 1.21 bits per heavy atom. The molecule has 0 heterocycles. The van der Waals surface area contributed by atoms with Gasteiger partial charge in [0.15, 0.2) is 40.7 Å². The Hall–Kier alpha value is -2.05. The summed E-state index contributed by atoms with van der Waals surface area (Å²) >= 11 is 0. The molecule has 1 fully saturated rings. The predicted molar refractivity (Wildman–Crippen MR) is 91.2 cm³/mol. The summed E-state index contributed by atoms with van der Waals surface area (Å²) in [6.45, 7) is 2.04. The van der Waals surface area contributed by atoms with Gasteiger partial charge in [0.2, 0.25) is 0 Å². The fraction of sp³-hybridized carbons (Fsp3) is 0.429. The molecule has 0 radical (unpaired) electrons. The van der Waals surface area contributed by atoms with Crippen LogP contribution in [0, 0.1) is 46.6 Å². The van der Waals surface area contributed by atoms with Crippen molar-refractivity contribution in [3.05, 3.63) is 58.4 Å². The van der Waals surface area contributed by atoms with E-state index in [9.17, 15) is 30.7 Å². The van der Waals surface area contributed by atoms with Crippen LogP contribution in [0.5, 0.6) is 0 Å². The molecule has 28 heavy (non-hydrogen) atoms. The quantitative estimate of drug-likeness (QED) is 0.283. The third kappa shape index (κ3) is 3.63. The molecule has 0 atom stereocenters. The first-order chi connectivity index (χ1) is 13.3. The summed E-state index contributed by atoms with van der Waals surface area (Å²) in [7, 11) is 0. The van der Waals surface area contributed by atoms with Crippen molar-refractivity contribution >= 4 is 0 Å². The summed E-state index contributed by atoms with van der Waals surface area (Å²) in [6.07, 6.45) is 4.18. The largest absolute Gasteiger partial charge is 0.204 e. The minimum atomic E-state index is -1.84. The molecular formula is C21H19F7. The van der Waals surface area contributed by atoms with Crippen LogP contribution in [0.15, 0.2) is 12.1 Å². The first-order valence-corrected chi connectivity index (χ1v) is 9.26. The van der Waals surface area contributed by atoms with Gasteiger partial charge in [-0.05, 0) is 55.2 Å². The maximum atomic E-state index is 14.7. The van der Waals surface area contributed by atoms with E-state index in [1.54, 1.807) is 0 Å². The number of hydrogen-bond donors (Lipinski definition) is 0. The van der Waals surface area contributed by atoms with Crippen LogP contribution in [0.4, 0.5) is 30.7 Å². The fourth-order valence-corrected chi connectivity index (χ4v) is 4.11. The van der Waals surface area contributed by atoms with Crippen molar-refractivity contribution in [3.63, 3.8) is 0 Å². The molecule has 0 N–H and O–H groups in total. The Kier molecular flexibility index (Phi) is 6.01. The van der Waals surface area contributed by atoms with E-state index in [-0.39, 0.29) is 0 Å². The minimum absolute atomic E-state index is 0.300. The smallest absolute Gasteiger partial charge is 0.194 e. The van der Waals surface area contributed by atoms with Crippen molar-refractivity contribution in [1.82, 2.24) is 0 Å². The van der Waals surface area contributed by atoms with Gasteiger partial charge in [0, 0.05) is 5.56 Å². The lowest BCUT2D eigenvalue weighted by molar-refractivity contribution is 0.295. The number of rotatable bonds is 4. The second-order valence-electron chi connectivity index (χ2n) is 7.30. The molecule has 2 aromatic rings. The van der Waals surface area contributed by atoms with E-state index in [0.717, 1.165) is 12.8 Å². The van der Waals surface area contributed by atoms with Crippen LogP contribution < -0.4 is 0 Å². The van der Waals surface area contributed by atoms with Crippen LogP contribution >= 0.6 is 0 Å². The van der Waals surface area contributed by atoms with Crippen molar-refractivity contribution in [3.8, 4) is 11.1 Å². The highest BCUT2D eigenvalue weighted by Gasteiger charge is 2.33. The molecule has 1 aliphatic carbocycles. The Morgan fingerprint density at radius 1 is 0.714 bits per heavy atom. The molecule has 0 nitrogen and oxygen atoms in total. The summed E-state index contributed by atoms with van der Waals surface area (Å²) in [4.78, 5) is 0. The zero-order valence-corrected chi connectivity index (χ0v) is 15.2. The van der Waals surface area contributed by atoms with E-state index in [0.29, 0.717) is 43.7 Å². The van der Waals surface area contributed by atoms with Gasteiger partial charge >= 0.3 is 0 Å². The average molecular weight is 404 g/mol. The lowest BCUT2D eigenvalue weighted by atomic mass is 9.76. The maximum Gasteiger partial charge on any atom is 0.194 e. The number of hydrogen-bond acceptors (Lipinski definition) is 0. The van der Waals surface area contributed by atoms with Crippen molar-refractivity contribution in [2.45, 2.75) is 51.4 Å². The van der Waals surface area contributed by atoms with E-state index in [4.69, 9.17) is 0 Å².